The maximum atomic E-state index is 12.5. The molecule has 8 heteroatoms. The average Bonchev–Trinajstić information content (AvgIpc) is 2.64. The standard InChI is InChI=1S/C18H23N3O4S/c1-4-21(5-2)26(23,24)15-9-6-13(7-10-15)18(22)20-17-12-14(25-3)8-11-16(17)19/h6-12H,4-5,19H2,1-3H3,(H,20,22). The first-order chi connectivity index (χ1) is 12.3. The lowest BCUT2D eigenvalue weighted by Gasteiger charge is -2.18. The van der Waals surface area contributed by atoms with Gasteiger partial charge in [0.2, 0.25) is 10.0 Å². The number of carbonyl (C=O) groups excluding carboxylic acids is 1. The van der Waals surface area contributed by atoms with Gasteiger partial charge in [0.25, 0.3) is 5.91 Å². The van der Waals surface area contributed by atoms with Crippen LogP contribution in [-0.2, 0) is 10.0 Å². The number of hydrogen-bond donors (Lipinski definition) is 2. The van der Waals surface area contributed by atoms with E-state index in [2.05, 4.69) is 5.32 Å². The summed E-state index contributed by atoms with van der Waals surface area (Å²) in [5.74, 6) is 0.173. The molecule has 3 N–H and O–H groups in total. The Morgan fingerprint density at radius 2 is 1.73 bits per heavy atom. The molecule has 0 radical (unpaired) electrons. The quantitative estimate of drug-likeness (QED) is 0.722. The molecular formula is C18H23N3O4S. The minimum absolute atomic E-state index is 0.152. The van der Waals surface area contributed by atoms with Crippen LogP contribution in [0.3, 0.4) is 0 Å². The Morgan fingerprint density at radius 1 is 1.12 bits per heavy atom. The minimum Gasteiger partial charge on any atom is -0.497 e. The van der Waals surface area contributed by atoms with Gasteiger partial charge >= 0.3 is 0 Å². The van der Waals surface area contributed by atoms with E-state index >= 15 is 0 Å². The van der Waals surface area contributed by atoms with Crippen LogP contribution in [0, 0.1) is 0 Å². The van der Waals surface area contributed by atoms with Crippen molar-refractivity contribution in [3.63, 3.8) is 0 Å². The number of nitrogens with two attached hydrogens (primary N) is 1. The highest BCUT2D eigenvalue weighted by Crippen LogP contribution is 2.25. The van der Waals surface area contributed by atoms with Gasteiger partial charge < -0.3 is 15.8 Å². The van der Waals surface area contributed by atoms with Gasteiger partial charge in [-0.2, -0.15) is 4.31 Å². The monoisotopic (exact) mass is 377 g/mol. The molecule has 0 unspecified atom stereocenters. The van der Waals surface area contributed by atoms with Gasteiger partial charge in [-0.25, -0.2) is 8.42 Å². The van der Waals surface area contributed by atoms with Gasteiger partial charge in [0, 0.05) is 24.7 Å². The Kier molecular flexibility index (Phi) is 6.23. The van der Waals surface area contributed by atoms with Crippen molar-refractivity contribution in [1.29, 1.82) is 0 Å². The molecule has 1 amide bonds. The lowest BCUT2D eigenvalue weighted by atomic mass is 10.2. The normalized spacial score (nSPS) is 11.4. The van der Waals surface area contributed by atoms with Crippen molar-refractivity contribution in [2.75, 3.05) is 31.2 Å². The van der Waals surface area contributed by atoms with E-state index in [-0.39, 0.29) is 4.90 Å². The van der Waals surface area contributed by atoms with Crippen molar-refractivity contribution < 1.29 is 17.9 Å². The Balaban J connectivity index is 2.22. The number of rotatable bonds is 7. The molecule has 0 atom stereocenters. The van der Waals surface area contributed by atoms with Crippen LogP contribution >= 0.6 is 0 Å². The first kappa shape index (κ1) is 19.7. The van der Waals surface area contributed by atoms with E-state index in [4.69, 9.17) is 10.5 Å². The fourth-order valence-electron chi connectivity index (χ4n) is 2.46. The van der Waals surface area contributed by atoms with E-state index in [1.807, 2.05) is 0 Å². The molecule has 0 saturated heterocycles. The summed E-state index contributed by atoms with van der Waals surface area (Å²) in [6.07, 6.45) is 0. The molecule has 140 valence electrons. The predicted molar refractivity (Wildman–Crippen MR) is 102 cm³/mol. The molecule has 2 aromatic carbocycles. The lowest BCUT2D eigenvalue weighted by molar-refractivity contribution is 0.102. The Labute approximate surface area is 153 Å². The van der Waals surface area contributed by atoms with Gasteiger partial charge in [-0.3, -0.25) is 4.79 Å². The van der Waals surface area contributed by atoms with Gasteiger partial charge in [0.05, 0.1) is 23.4 Å². The number of hydrogen-bond acceptors (Lipinski definition) is 5. The second-order valence-electron chi connectivity index (χ2n) is 5.52. The van der Waals surface area contributed by atoms with Gasteiger partial charge in [0.15, 0.2) is 0 Å². The van der Waals surface area contributed by atoms with Crippen molar-refractivity contribution in [1.82, 2.24) is 4.31 Å². The molecule has 0 saturated carbocycles. The third-order valence-electron chi connectivity index (χ3n) is 3.97. The summed E-state index contributed by atoms with van der Waals surface area (Å²) in [6, 6.07) is 10.7. The number of benzene rings is 2. The number of nitrogen functional groups attached to an aromatic ring is 1. The van der Waals surface area contributed by atoms with Crippen molar-refractivity contribution >= 4 is 27.3 Å². The summed E-state index contributed by atoms with van der Waals surface area (Å²) < 4.78 is 31.4. The predicted octanol–water partition coefficient (Wildman–Crippen LogP) is 2.56. The van der Waals surface area contributed by atoms with E-state index in [1.54, 1.807) is 32.0 Å². The van der Waals surface area contributed by atoms with Gasteiger partial charge in [-0.1, -0.05) is 13.8 Å². The summed E-state index contributed by atoms with van der Waals surface area (Å²) in [6.45, 7) is 4.33. The van der Waals surface area contributed by atoms with Crippen molar-refractivity contribution in [2.24, 2.45) is 0 Å². The minimum atomic E-state index is -3.55. The summed E-state index contributed by atoms with van der Waals surface area (Å²) in [7, 11) is -2.03. The first-order valence-electron chi connectivity index (χ1n) is 8.18. The van der Waals surface area contributed by atoms with E-state index < -0.39 is 15.9 Å². The van der Waals surface area contributed by atoms with Crippen LogP contribution < -0.4 is 15.8 Å². The molecule has 0 aliphatic rings. The molecule has 0 aliphatic heterocycles. The second kappa shape index (κ2) is 8.20. The van der Waals surface area contributed by atoms with E-state index in [0.717, 1.165) is 0 Å². The highest BCUT2D eigenvalue weighted by Gasteiger charge is 2.21. The molecule has 0 bridgehead atoms. The van der Waals surface area contributed by atoms with Crippen LogP contribution in [0.5, 0.6) is 5.75 Å². The molecule has 0 spiro atoms. The lowest BCUT2D eigenvalue weighted by Crippen LogP contribution is -2.30. The number of nitrogens with zero attached hydrogens (tertiary/aromatic N) is 1. The SMILES string of the molecule is CCN(CC)S(=O)(=O)c1ccc(C(=O)Nc2cc(OC)ccc2N)cc1. The van der Waals surface area contributed by atoms with Crippen LogP contribution in [-0.4, -0.2) is 38.8 Å². The summed E-state index contributed by atoms with van der Waals surface area (Å²) in [4.78, 5) is 12.6. The van der Waals surface area contributed by atoms with Crippen molar-refractivity contribution in [3.8, 4) is 5.75 Å². The maximum Gasteiger partial charge on any atom is 0.255 e. The van der Waals surface area contributed by atoms with E-state index in [9.17, 15) is 13.2 Å². The molecule has 2 aromatic rings. The average molecular weight is 377 g/mol. The molecular weight excluding hydrogens is 354 g/mol. The highest BCUT2D eigenvalue weighted by atomic mass is 32.2. The summed E-state index contributed by atoms with van der Waals surface area (Å²) in [5, 5.41) is 2.70. The number of nitrogens with one attached hydrogen (secondary N) is 1. The second-order valence-corrected chi connectivity index (χ2v) is 7.46. The smallest absolute Gasteiger partial charge is 0.255 e. The Morgan fingerprint density at radius 3 is 2.27 bits per heavy atom. The van der Waals surface area contributed by atoms with Crippen LogP contribution in [0.25, 0.3) is 0 Å². The topological polar surface area (TPSA) is 102 Å². The highest BCUT2D eigenvalue weighted by molar-refractivity contribution is 7.89. The third kappa shape index (κ3) is 4.14. The van der Waals surface area contributed by atoms with E-state index in [0.29, 0.717) is 35.8 Å². The number of amides is 1. The molecule has 0 aromatic heterocycles. The van der Waals surface area contributed by atoms with Gasteiger partial charge in [-0.15, -0.1) is 0 Å². The largest absolute Gasteiger partial charge is 0.497 e. The molecule has 0 fully saturated rings. The first-order valence-corrected chi connectivity index (χ1v) is 9.62. The third-order valence-corrected chi connectivity index (χ3v) is 6.03. The Bertz CT molecular complexity index is 876. The zero-order chi connectivity index (χ0) is 19.3. The van der Waals surface area contributed by atoms with E-state index in [1.165, 1.54) is 35.7 Å². The Hall–Kier alpha value is -2.58. The fourth-order valence-corrected chi connectivity index (χ4v) is 3.91. The number of ether oxygens (including phenoxy) is 1. The molecule has 2 rings (SSSR count). The number of methoxy groups -OCH3 is 1. The summed E-state index contributed by atoms with van der Waals surface area (Å²) in [5.41, 5.74) is 7.01. The number of anilines is 2. The van der Waals surface area contributed by atoms with Crippen LogP contribution in [0.4, 0.5) is 11.4 Å². The van der Waals surface area contributed by atoms with Gasteiger partial charge in [-0.05, 0) is 36.4 Å². The zero-order valence-electron chi connectivity index (χ0n) is 15.0. The summed E-state index contributed by atoms with van der Waals surface area (Å²) >= 11 is 0. The van der Waals surface area contributed by atoms with Gasteiger partial charge in [0.1, 0.15) is 5.75 Å². The molecule has 7 nitrogen and oxygen atoms in total. The molecule has 0 heterocycles. The fraction of sp³-hybridized carbons (Fsp3) is 0.278. The van der Waals surface area contributed by atoms with Crippen molar-refractivity contribution in [3.05, 3.63) is 48.0 Å². The van der Waals surface area contributed by atoms with Crippen LogP contribution in [0.15, 0.2) is 47.4 Å². The van der Waals surface area contributed by atoms with Crippen LogP contribution in [0.1, 0.15) is 24.2 Å². The molecule has 26 heavy (non-hydrogen) atoms. The number of sulfonamides is 1. The zero-order valence-corrected chi connectivity index (χ0v) is 15.8. The number of carbonyl (C=O) groups is 1. The maximum absolute atomic E-state index is 12.5. The molecule has 0 aliphatic carbocycles. The van der Waals surface area contributed by atoms with Crippen molar-refractivity contribution in [2.45, 2.75) is 18.7 Å². The van der Waals surface area contributed by atoms with Crippen LogP contribution in [0.2, 0.25) is 0 Å².